The van der Waals surface area contributed by atoms with E-state index in [9.17, 15) is 31.2 Å². The van der Waals surface area contributed by atoms with Gasteiger partial charge in [0.15, 0.2) is 0 Å². The number of aryl methyl sites for hydroxylation is 1. The van der Waals surface area contributed by atoms with Crippen molar-refractivity contribution >= 4 is 27.1 Å². The highest BCUT2D eigenvalue weighted by Crippen LogP contribution is 2.30. The zero-order valence-corrected chi connectivity index (χ0v) is 20.2. The quantitative estimate of drug-likeness (QED) is 0.397. The summed E-state index contributed by atoms with van der Waals surface area (Å²) in [6, 6.07) is 12.9. The zero-order chi connectivity index (χ0) is 26.1. The van der Waals surface area contributed by atoms with Crippen molar-refractivity contribution < 1.29 is 26.4 Å². The number of rotatable bonds is 6. The van der Waals surface area contributed by atoms with Gasteiger partial charge in [-0.05, 0) is 55.0 Å². The van der Waals surface area contributed by atoms with Crippen molar-refractivity contribution in [3.63, 3.8) is 0 Å². The lowest BCUT2D eigenvalue weighted by Gasteiger charge is -2.14. The molecule has 7 nitrogen and oxygen atoms in total. The van der Waals surface area contributed by atoms with Gasteiger partial charge < -0.3 is 5.32 Å². The van der Waals surface area contributed by atoms with E-state index in [4.69, 9.17) is 0 Å². The van der Waals surface area contributed by atoms with Gasteiger partial charge in [-0.1, -0.05) is 18.2 Å². The Balaban J connectivity index is 1.54. The highest BCUT2D eigenvalue weighted by atomic mass is 32.2. The lowest BCUT2D eigenvalue weighted by atomic mass is 10.1. The van der Waals surface area contributed by atoms with Crippen LogP contribution in [0, 0.1) is 6.92 Å². The van der Waals surface area contributed by atoms with E-state index in [1.165, 1.54) is 54.7 Å². The van der Waals surface area contributed by atoms with Gasteiger partial charge in [0, 0.05) is 29.5 Å². The van der Waals surface area contributed by atoms with Crippen LogP contribution in [0.4, 0.5) is 13.2 Å². The molecule has 1 N–H and O–H groups in total. The van der Waals surface area contributed by atoms with Crippen LogP contribution in [0.25, 0.3) is 5.69 Å². The van der Waals surface area contributed by atoms with Crippen molar-refractivity contribution in [1.29, 1.82) is 0 Å². The van der Waals surface area contributed by atoms with E-state index in [0.29, 0.717) is 11.3 Å². The van der Waals surface area contributed by atoms with Gasteiger partial charge >= 0.3 is 6.18 Å². The molecule has 12 heteroatoms. The summed E-state index contributed by atoms with van der Waals surface area (Å²) in [4.78, 5) is 29.6. The largest absolute Gasteiger partial charge is 0.416 e. The maximum Gasteiger partial charge on any atom is 0.416 e. The number of halogens is 3. The van der Waals surface area contributed by atoms with Crippen molar-refractivity contribution in [1.82, 2.24) is 14.9 Å². The lowest BCUT2D eigenvalue weighted by Crippen LogP contribution is -2.33. The third-order valence-corrected chi connectivity index (χ3v) is 8.25. The maximum atomic E-state index is 13.1. The summed E-state index contributed by atoms with van der Waals surface area (Å²) in [7, 11) is -3.73. The van der Waals surface area contributed by atoms with E-state index in [0.717, 1.165) is 28.0 Å². The number of aromatic nitrogens is 2. The molecule has 0 spiro atoms. The molecule has 2 aromatic carbocycles. The summed E-state index contributed by atoms with van der Waals surface area (Å²) in [5.74, 6) is -0.722. The number of hydrogen-bond acceptors (Lipinski definition) is 6. The second kappa shape index (κ2) is 9.70. The summed E-state index contributed by atoms with van der Waals surface area (Å²) in [5, 5.41) is 4.14. The molecular weight excluding hydrogens is 515 g/mol. The molecule has 2 heterocycles. The number of sulfone groups is 1. The van der Waals surface area contributed by atoms with Crippen LogP contribution in [0.1, 0.15) is 27.2 Å². The maximum absolute atomic E-state index is 13.1. The molecule has 0 fully saturated rings. The number of hydrogen-bond donors (Lipinski definition) is 1. The van der Waals surface area contributed by atoms with E-state index in [1.54, 1.807) is 12.3 Å². The summed E-state index contributed by atoms with van der Waals surface area (Å²) in [6.07, 6.45) is -3.19. The molecule has 0 saturated heterocycles. The highest BCUT2D eigenvalue weighted by Gasteiger charge is 2.30. The fourth-order valence-corrected chi connectivity index (χ4v) is 5.67. The van der Waals surface area contributed by atoms with Gasteiger partial charge in [-0.25, -0.2) is 13.4 Å². The Morgan fingerprint density at radius 3 is 2.44 bits per heavy atom. The van der Waals surface area contributed by atoms with Crippen LogP contribution in [0.3, 0.4) is 0 Å². The third kappa shape index (κ3) is 5.09. The van der Waals surface area contributed by atoms with E-state index in [-0.39, 0.29) is 27.0 Å². The van der Waals surface area contributed by atoms with Gasteiger partial charge in [0.1, 0.15) is 5.56 Å². The Labute approximate surface area is 207 Å². The summed E-state index contributed by atoms with van der Waals surface area (Å²) in [6.45, 7) is 1.54. The standard InChI is InChI=1S/C24H18F3N3O4S2/c1-15-5-10-20(22(32)30(15)18-4-2-3-17(13-18)24(25,26)27)21(31)29-14-16-6-8-19(9-7-16)36(33,34)23-28-11-12-35-23/h2-13H,14H2,1H3,(H,29,31). The van der Waals surface area contributed by atoms with Crippen LogP contribution in [-0.4, -0.2) is 23.9 Å². The smallest absolute Gasteiger partial charge is 0.348 e. The fourth-order valence-electron chi connectivity index (χ4n) is 3.45. The number of thiazole rings is 1. The molecule has 0 aliphatic heterocycles. The first-order valence-corrected chi connectivity index (χ1v) is 12.8. The molecule has 2 aromatic heterocycles. The Kier molecular flexibility index (Phi) is 6.83. The number of pyridine rings is 1. The first kappa shape index (κ1) is 25.3. The molecule has 0 bridgehead atoms. The van der Waals surface area contributed by atoms with Crippen LogP contribution in [0.15, 0.2) is 86.3 Å². The number of carbonyl (C=O) groups excluding carboxylic acids is 1. The van der Waals surface area contributed by atoms with Crippen molar-refractivity contribution in [2.75, 3.05) is 0 Å². The monoisotopic (exact) mass is 533 g/mol. The molecule has 0 saturated carbocycles. The van der Waals surface area contributed by atoms with Crippen LogP contribution in [0.2, 0.25) is 0 Å². The van der Waals surface area contributed by atoms with Crippen molar-refractivity contribution in [3.8, 4) is 5.69 Å². The summed E-state index contributed by atoms with van der Waals surface area (Å²) >= 11 is 1.00. The number of alkyl halides is 3. The van der Waals surface area contributed by atoms with Crippen molar-refractivity contribution in [2.45, 2.75) is 28.9 Å². The second-order valence-electron chi connectivity index (χ2n) is 7.71. The van der Waals surface area contributed by atoms with E-state index < -0.39 is 33.0 Å². The number of amides is 1. The fraction of sp³-hybridized carbons (Fsp3) is 0.125. The molecule has 0 aliphatic rings. The number of carbonyl (C=O) groups is 1. The minimum absolute atomic E-state index is 0.00666. The minimum Gasteiger partial charge on any atom is -0.348 e. The molecule has 36 heavy (non-hydrogen) atoms. The SMILES string of the molecule is Cc1ccc(C(=O)NCc2ccc(S(=O)(=O)c3nccs3)cc2)c(=O)n1-c1cccc(C(F)(F)F)c1. The average Bonchev–Trinajstić information content (AvgIpc) is 3.39. The molecule has 0 aliphatic carbocycles. The molecule has 0 unspecified atom stereocenters. The normalized spacial score (nSPS) is 11.9. The van der Waals surface area contributed by atoms with Crippen molar-refractivity contribution in [3.05, 3.63) is 105 Å². The number of nitrogens with one attached hydrogen (secondary N) is 1. The van der Waals surface area contributed by atoms with Gasteiger partial charge in [-0.15, -0.1) is 11.3 Å². The third-order valence-electron chi connectivity index (χ3n) is 5.28. The Morgan fingerprint density at radius 2 is 1.81 bits per heavy atom. The van der Waals surface area contributed by atoms with Crippen LogP contribution < -0.4 is 10.9 Å². The van der Waals surface area contributed by atoms with Crippen LogP contribution >= 0.6 is 11.3 Å². The lowest BCUT2D eigenvalue weighted by molar-refractivity contribution is -0.137. The molecule has 4 aromatic rings. The Hall–Kier alpha value is -3.77. The van der Waals surface area contributed by atoms with Gasteiger partial charge in [-0.3, -0.25) is 14.2 Å². The van der Waals surface area contributed by atoms with E-state index in [1.807, 2.05) is 0 Å². The van der Waals surface area contributed by atoms with Crippen molar-refractivity contribution in [2.24, 2.45) is 0 Å². The van der Waals surface area contributed by atoms with Gasteiger partial charge in [0.2, 0.25) is 14.2 Å². The van der Waals surface area contributed by atoms with Gasteiger partial charge in [-0.2, -0.15) is 13.2 Å². The second-order valence-corrected chi connectivity index (χ2v) is 10.7. The minimum atomic E-state index is -4.59. The first-order valence-electron chi connectivity index (χ1n) is 10.4. The molecule has 186 valence electrons. The molecule has 0 atom stereocenters. The Morgan fingerprint density at radius 1 is 1.08 bits per heavy atom. The van der Waals surface area contributed by atoms with Gasteiger partial charge in [0.25, 0.3) is 11.5 Å². The highest BCUT2D eigenvalue weighted by molar-refractivity contribution is 7.93. The van der Waals surface area contributed by atoms with Crippen LogP contribution in [-0.2, 0) is 22.6 Å². The molecule has 4 rings (SSSR count). The number of nitrogens with zero attached hydrogens (tertiary/aromatic N) is 2. The topological polar surface area (TPSA) is 98.1 Å². The summed E-state index contributed by atoms with van der Waals surface area (Å²) < 4.78 is 65.5. The molecule has 0 radical (unpaired) electrons. The Bertz CT molecular complexity index is 1580. The average molecular weight is 534 g/mol. The summed E-state index contributed by atoms with van der Waals surface area (Å²) in [5.41, 5.74) is -1.02. The first-order chi connectivity index (χ1) is 17.0. The van der Waals surface area contributed by atoms with E-state index in [2.05, 4.69) is 10.3 Å². The van der Waals surface area contributed by atoms with E-state index >= 15 is 0 Å². The zero-order valence-electron chi connectivity index (χ0n) is 18.6. The molecular formula is C24H18F3N3O4S2. The molecule has 1 amide bonds. The van der Waals surface area contributed by atoms with Gasteiger partial charge in [0.05, 0.1) is 10.5 Å². The predicted octanol–water partition coefficient (Wildman–Crippen LogP) is 4.38. The van der Waals surface area contributed by atoms with Crippen LogP contribution in [0.5, 0.6) is 0 Å². The predicted molar refractivity (Wildman–Crippen MR) is 127 cm³/mol. The number of benzene rings is 2.